The van der Waals surface area contributed by atoms with Gasteiger partial charge in [-0.2, -0.15) is 0 Å². The van der Waals surface area contributed by atoms with E-state index in [2.05, 4.69) is 45.6 Å². The molecule has 0 amide bonds. The smallest absolute Gasteiger partial charge is 0.277 e. The van der Waals surface area contributed by atoms with Crippen molar-refractivity contribution >= 4 is 34.7 Å². The fourth-order valence-electron chi connectivity index (χ4n) is 6.34. The van der Waals surface area contributed by atoms with Gasteiger partial charge in [0.1, 0.15) is 11.5 Å². The highest BCUT2D eigenvalue weighted by Crippen LogP contribution is 2.40. The van der Waals surface area contributed by atoms with Crippen LogP contribution in [0.25, 0.3) is 23.3 Å². The molecule has 2 heterocycles. The first-order valence-electron chi connectivity index (χ1n) is 15.8. The number of aromatic nitrogens is 2. The van der Waals surface area contributed by atoms with Gasteiger partial charge < -0.3 is 14.8 Å². The van der Waals surface area contributed by atoms with Crippen LogP contribution in [0.2, 0.25) is 0 Å². The van der Waals surface area contributed by atoms with Gasteiger partial charge >= 0.3 is 0 Å². The predicted octanol–water partition coefficient (Wildman–Crippen LogP) is 8.42. The van der Waals surface area contributed by atoms with E-state index in [-0.39, 0.29) is 10.6 Å². The molecule has 2 aromatic heterocycles. The van der Waals surface area contributed by atoms with Crippen LogP contribution in [0.1, 0.15) is 73.2 Å². The zero-order valence-electron chi connectivity index (χ0n) is 25.8. The second-order valence-corrected chi connectivity index (χ2v) is 11.4. The summed E-state index contributed by atoms with van der Waals surface area (Å²) in [6.07, 6.45) is 14.5. The minimum atomic E-state index is -0.351. The lowest BCUT2D eigenvalue weighted by Crippen LogP contribution is -2.16. The molecule has 2 aromatic carbocycles. The summed E-state index contributed by atoms with van der Waals surface area (Å²) in [4.78, 5) is 19.7. The molecule has 0 spiro atoms. The highest BCUT2D eigenvalue weighted by Gasteiger charge is 2.26. The van der Waals surface area contributed by atoms with Gasteiger partial charge in [-0.1, -0.05) is 25.0 Å². The van der Waals surface area contributed by atoms with Gasteiger partial charge in [0.15, 0.2) is 0 Å². The van der Waals surface area contributed by atoms with E-state index in [0.29, 0.717) is 31.4 Å². The number of hydrogen-bond acceptors (Lipinski definition) is 7. The fourth-order valence-corrected chi connectivity index (χ4v) is 6.34. The van der Waals surface area contributed by atoms with Gasteiger partial charge in [-0.15, -0.1) is 0 Å². The Morgan fingerprint density at radius 2 is 1.36 bits per heavy atom. The summed E-state index contributed by atoms with van der Waals surface area (Å²) < 4.78 is 11.2. The van der Waals surface area contributed by atoms with Crippen molar-refractivity contribution in [2.24, 2.45) is 0 Å². The summed E-state index contributed by atoms with van der Waals surface area (Å²) in [5.74, 6) is 1.48. The van der Waals surface area contributed by atoms with Gasteiger partial charge in [-0.3, -0.25) is 20.1 Å². The predicted molar refractivity (Wildman–Crippen MR) is 179 cm³/mol. The molecule has 0 saturated heterocycles. The number of pyridine rings is 2. The van der Waals surface area contributed by atoms with Crippen LogP contribution in [0.4, 0.5) is 11.4 Å². The first kappa shape index (κ1) is 30.1. The van der Waals surface area contributed by atoms with E-state index in [9.17, 15) is 10.1 Å². The maximum Gasteiger partial charge on any atom is 0.277 e. The quantitative estimate of drug-likeness (QED) is 0.152. The highest BCUT2D eigenvalue weighted by molar-refractivity contribution is 5.91. The zero-order chi connectivity index (χ0) is 31.2. The Kier molecular flexibility index (Phi) is 9.19. The third-order valence-corrected chi connectivity index (χ3v) is 8.41. The van der Waals surface area contributed by atoms with Crippen LogP contribution >= 0.6 is 0 Å². The van der Waals surface area contributed by atoms with Crippen LogP contribution in [-0.2, 0) is 12.8 Å². The topological polar surface area (TPSA) is 99.4 Å². The van der Waals surface area contributed by atoms with Crippen LogP contribution in [-0.4, -0.2) is 34.1 Å². The van der Waals surface area contributed by atoms with E-state index in [0.717, 1.165) is 40.3 Å². The van der Waals surface area contributed by atoms with Crippen molar-refractivity contribution in [1.82, 2.24) is 9.97 Å². The van der Waals surface area contributed by atoms with Gasteiger partial charge in [0.25, 0.3) is 5.69 Å². The van der Waals surface area contributed by atoms with Crippen molar-refractivity contribution in [2.45, 2.75) is 58.4 Å². The standard InChI is InChI=1S/C21H24N2O.C16H14N2O3/c1-2-24-18-12-15-11-16(20-9-5-6-10-22-20)13-19(15)21(14-18)23-17-7-3-4-8-17;1-2-21-13-8-11-7-12(15-5-3-4-6-17-15)9-14(11)16(10-13)18(19)20/h5-6,9-12,14,17,23H,2-4,7-8,13H2,1H3;3-8,10H,2,9H2,1H3. The number of anilines is 1. The van der Waals surface area contributed by atoms with Crippen molar-refractivity contribution in [3.8, 4) is 11.5 Å². The van der Waals surface area contributed by atoms with Crippen LogP contribution in [0.5, 0.6) is 11.5 Å². The van der Waals surface area contributed by atoms with Gasteiger partial charge in [0.05, 0.1) is 35.6 Å². The molecule has 8 nitrogen and oxygen atoms in total. The number of allylic oxidation sites excluding steroid dienone is 2. The summed E-state index contributed by atoms with van der Waals surface area (Å²) in [6, 6.07) is 20.1. The number of benzene rings is 2. The Bertz CT molecular complexity index is 1730. The molecule has 8 heteroatoms. The maximum atomic E-state index is 11.3. The summed E-state index contributed by atoms with van der Waals surface area (Å²) in [7, 11) is 0. The van der Waals surface area contributed by atoms with Crippen molar-refractivity contribution in [1.29, 1.82) is 0 Å². The minimum absolute atomic E-state index is 0.109. The van der Waals surface area contributed by atoms with Crippen LogP contribution in [0, 0.1) is 10.1 Å². The number of nitrogens with zero attached hydrogens (tertiary/aromatic N) is 3. The normalized spacial score (nSPS) is 14.9. The van der Waals surface area contributed by atoms with E-state index < -0.39 is 0 Å². The summed E-state index contributed by atoms with van der Waals surface area (Å²) in [6.45, 7) is 5.06. The Morgan fingerprint density at radius 3 is 1.89 bits per heavy atom. The molecule has 4 aromatic rings. The highest BCUT2D eigenvalue weighted by atomic mass is 16.6. The second-order valence-electron chi connectivity index (χ2n) is 11.4. The Morgan fingerprint density at radius 1 is 0.800 bits per heavy atom. The molecule has 230 valence electrons. The van der Waals surface area contributed by atoms with Crippen molar-refractivity contribution in [3.05, 3.63) is 117 Å². The van der Waals surface area contributed by atoms with Crippen LogP contribution < -0.4 is 14.8 Å². The molecule has 7 rings (SSSR count). The molecular weight excluding hydrogens is 564 g/mol. The number of ether oxygens (including phenoxy) is 2. The largest absolute Gasteiger partial charge is 0.494 e. The number of nitro groups is 1. The molecule has 1 saturated carbocycles. The lowest BCUT2D eigenvalue weighted by atomic mass is 10.0. The summed E-state index contributed by atoms with van der Waals surface area (Å²) in [5.41, 5.74) is 9.75. The van der Waals surface area contributed by atoms with E-state index in [1.807, 2.05) is 56.5 Å². The minimum Gasteiger partial charge on any atom is -0.494 e. The van der Waals surface area contributed by atoms with E-state index >= 15 is 0 Å². The SMILES string of the molecule is CCOc1cc2c(c(NC3CCCC3)c1)CC(c1ccccn1)=C2.CCOc1cc2c(c([N+](=O)[O-])c1)CC(c1ccccn1)=C2. The zero-order valence-corrected chi connectivity index (χ0v) is 25.8. The summed E-state index contributed by atoms with van der Waals surface area (Å²) >= 11 is 0. The number of hydrogen-bond donors (Lipinski definition) is 1. The van der Waals surface area contributed by atoms with Crippen molar-refractivity contribution in [3.63, 3.8) is 0 Å². The first-order valence-corrected chi connectivity index (χ1v) is 15.8. The van der Waals surface area contributed by atoms with E-state index in [1.165, 1.54) is 54.1 Å². The maximum absolute atomic E-state index is 11.3. The molecule has 1 fully saturated rings. The molecule has 0 aliphatic heterocycles. The lowest BCUT2D eigenvalue weighted by Gasteiger charge is -2.18. The molecule has 0 bridgehead atoms. The third-order valence-electron chi connectivity index (χ3n) is 8.41. The number of nitrogens with one attached hydrogen (secondary N) is 1. The van der Waals surface area contributed by atoms with Gasteiger partial charge in [0, 0.05) is 48.6 Å². The van der Waals surface area contributed by atoms with E-state index in [4.69, 9.17) is 9.47 Å². The lowest BCUT2D eigenvalue weighted by molar-refractivity contribution is -0.385. The van der Waals surface area contributed by atoms with Crippen molar-refractivity contribution in [2.75, 3.05) is 18.5 Å². The number of rotatable bonds is 9. The molecule has 0 unspecified atom stereocenters. The Balaban J connectivity index is 0.000000160. The number of fused-ring (bicyclic) bond motifs is 2. The van der Waals surface area contributed by atoms with Gasteiger partial charge in [-0.05, 0) is 103 Å². The van der Waals surface area contributed by atoms with Crippen molar-refractivity contribution < 1.29 is 14.4 Å². The third kappa shape index (κ3) is 6.90. The fraction of sp³-hybridized carbons (Fsp3) is 0.297. The molecule has 45 heavy (non-hydrogen) atoms. The second kappa shape index (κ2) is 13.8. The van der Waals surface area contributed by atoms with Gasteiger partial charge in [-0.25, -0.2) is 0 Å². The first-order chi connectivity index (χ1) is 22.0. The summed E-state index contributed by atoms with van der Waals surface area (Å²) in [5, 5.41) is 15.0. The van der Waals surface area contributed by atoms with Crippen LogP contribution in [0.15, 0.2) is 73.1 Å². The molecule has 0 atom stereocenters. The van der Waals surface area contributed by atoms with Gasteiger partial charge in [0.2, 0.25) is 0 Å². The molecule has 1 N–H and O–H groups in total. The number of nitro benzene ring substituents is 1. The monoisotopic (exact) mass is 602 g/mol. The molecule has 0 radical (unpaired) electrons. The Hall–Kier alpha value is -4.98. The average Bonchev–Trinajstić information content (AvgIpc) is 3.82. The Labute approximate surface area is 264 Å². The van der Waals surface area contributed by atoms with E-state index in [1.54, 1.807) is 6.20 Å². The van der Waals surface area contributed by atoms with Crippen LogP contribution in [0.3, 0.4) is 0 Å². The molecular formula is C37H38N4O4. The molecule has 3 aliphatic rings. The average molecular weight is 603 g/mol. The molecule has 3 aliphatic carbocycles.